The highest BCUT2D eigenvalue weighted by atomic mass is 16.7. The van der Waals surface area contributed by atoms with E-state index < -0.39 is 5.41 Å². The third kappa shape index (κ3) is 4.36. The fourth-order valence-corrected chi connectivity index (χ4v) is 5.53. The van der Waals surface area contributed by atoms with Crippen LogP contribution in [0, 0.1) is 5.92 Å². The second-order valence-corrected chi connectivity index (χ2v) is 9.77. The first-order valence-corrected chi connectivity index (χ1v) is 12.5. The van der Waals surface area contributed by atoms with Crippen LogP contribution >= 0.6 is 0 Å². The third-order valence-electron chi connectivity index (χ3n) is 7.54. The zero-order valence-electron chi connectivity index (χ0n) is 20.4. The molecule has 36 heavy (non-hydrogen) atoms. The second kappa shape index (κ2) is 9.76. The van der Waals surface area contributed by atoms with E-state index in [1.807, 2.05) is 37.3 Å². The zero-order valence-corrected chi connectivity index (χ0v) is 20.4. The molecule has 0 radical (unpaired) electrons. The van der Waals surface area contributed by atoms with E-state index >= 15 is 0 Å². The molecule has 3 aliphatic rings. The predicted octanol–water partition coefficient (Wildman–Crippen LogP) is 3.22. The van der Waals surface area contributed by atoms with E-state index in [-0.39, 0.29) is 55.6 Å². The van der Waals surface area contributed by atoms with E-state index in [1.165, 1.54) is 4.90 Å². The van der Waals surface area contributed by atoms with Gasteiger partial charge in [-0.2, -0.15) is 0 Å². The predicted molar refractivity (Wildman–Crippen MR) is 130 cm³/mol. The summed E-state index contributed by atoms with van der Waals surface area (Å²) in [6.45, 7) is 3.00. The van der Waals surface area contributed by atoms with Crippen molar-refractivity contribution in [2.24, 2.45) is 5.92 Å². The van der Waals surface area contributed by atoms with E-state index in [9.17, 15) is 19.2 Å². The van der Waals surface area contributed by atoms with E-state index in [0.29, 0.717) is 36.6 Å². The number of amides is 3. The normalized spacial score (nSPS) is 23.3. The van der Waals surface area contributed by atoms with Gasteiger partial charge >= 0.3 is 0 Å². The number of Topliss-reactive ketones (excluding diaryl/α,β-unsaturated/α-hetero) is 1. The highest BCUT2D eigenvalue weighted by Gasteiger charge is 2.54. The number of piperidine rings is 1. The lowest BCUT2D eigenvalue weighted by Gasteiger charge is -2.35. The summed E-state index contributed by atoms with van der Waals surface area (Å²) < 4.78 is 10.8. The Labute approximate surface area is 210 Å². The lowest BCUT2D eigenvalue weighted by molar-refractivity contribution is -0.144. The van der Waals surface area contributed by atoms with Crippen LogP contribution in [0.25, 0.3) is 0 Å². The van der Waals surface area contributed by atoms with E-state index in [1.54, 1.807) is 23.1 Å². The number of ketones is 1. The van der Waals surface area contributed by atoms with Gasteiger partial charge < -0.3 is 14.4 Å². The summed E-state index contributed by atoms with van der Waals surface area (Å²) in [7, 11) is 0. The van der Waals surface area contributed by atoms with Crippen LogP contribution in [-0.4, -0.2) is 53.2 Å². The van der Waals surface area contributed by atoms with Crippen molar-refractivity contribution in [3.05, 3.63) is 59.7 Å². The lowest BCUT2D eigenvalue weighted by atomic mass is 9.75. The van der Waals surface area contributed by atoms with Crippen molar-refractivity contribution in [1.29, 1.82) is 0 Å². The van der Waals surface area contributed by atoms with E-state index in [2.05, 4.69) is 0 Å². The molecule has 3 amide bonds. The van der Waals surface area contributed by atoms with Crippen LogP contribution in [0.15, 0.2) is 48.5 Å². The minimum atomic E-state index is -1.27. The number of carbonyl (C=O) groups is 4. The Morgan fingerprint density at radius 3 is 2.61 bits per heavy atom. The topological polar surface area (TPSA) is 93.2 Å². The molecule has 3 heterocycles. The molecule has 2 saturated heterocycles. The maximum absolute atomic E-state index is 13.9. The largest absolute Gasteiger partial charge is 0.454 e. The molecule has 0 N–H and O–H groups in total. The summed E-state index contributed by atoms with van der Waals surface area (Å²) in [6.07, 6.45) is 1.80. The molecule has 0 spiro atoms. The number of likely N-dealkylation sites (tertiary alicyclic amines) is 2. The van der Waals surface area contributed by atoms with E-state index in [0.717, 1.165) is 18.4 Å². The SMILES string of the molecule is CCC(=O)[C@@H]1CCCN(C(=O)C[C@]2(c3ccccc3)CC(=O)N(Cc3ccc4c(c3)OCO4)C2=O)C1. The number of imide groups is 1. The molecule has 0 unspecified atom stereocenters. The average molecular weight is 491 g/mol. The Morgan fingerprint density at radius 2 is 1.83 bits per heavy atom. The first-order valence-electron chi connectivity index (χ1n) is 12.5. The number of ether oxygens (including phenoxy) is 2. The number of benzene rings is 2. The van der Waals surface area contributed by atoms with Crippen molar-refractivity contribution in [2.45, 2.75) is 51.0 Å². The van der Waals surface area contributed by atoms with Gasteiger partial charge in [0.15, 0.2) is 11.5 Å². The molecule has 0 aliphatic carbocycles. The molecule has 5 rings (SSSR count). The van der Waals surface area contributed by atoms with Crippen LogP contribution < -0.4 is 9.47 Å². The summed E-state index contributed by atoms with van der Waals surface area (Å²) in [4.78, 5) is 55.9. The van der Waals surface area contributed by atoms with Crippen molar-refractivity contribution in [3.8, 4) is 11.5 Å². The second-order valence-electron chi connectivity index (χ2n) is 9.77. The van der Waals surface area contributed by atoms with Crippen molar-refractivity contribution in [2.75, 3.05) is 19.9 Å². The van der Waals surface area contributed by atoms with Crippen molar-refractivity contribution in [3.63, 3.8) is 0 Å². The average Bonchev–Trinajstić information content (AvgIpc) is 3.47. The van der Waals surface area contributed by atoms with Gasteiger partial charge in [-0.05, 0) is 36.1 Å². The number of hydrogen-bond acceptors (Lipinski definition) is 6. The van der Waals surface area contributed by atoms with Crippen molar-refractivity contribution < 1.29 is 28.7 Å². The Hall–Kier alpha value is -3.68. The molecule has 8 nitrogen and oxygen atoms in total. The lowest BCUT2D eigenvalue weighted by Crippen LogP contribution is -2.47. The monoisotopic (exact) mass is 490 g/mol. The van der Waals surface area contributed by atoms with Gasteiger partial charge in [0.1, 0.15) is 5.78 Å². The number of carbonyl (C=O) groups excluding carboxylic acids is 4. The molecule has 0 aromatic heterocycles. The Kier molecular flexibility index (Phi) is 6.51. The summed E-state index contributed by atoms with van der Waals surface area (Å²) in [5.41, 5.74) is 0.129. The van der Waals surface area contributed by atoms with Gasteiger partial charge in [0.05, 0.1) is 12.0 Å². The van der Waals surface area contributed by atoms with Gasteiger partial charge in [-0.25, -0.2) is 0 Å². The number of rotatable bonds is 7. The van der Waals surface area contributed by atoms with Crippen LogP contribution in [0.3, 0.4) is 0 Å². The summed E-state index contributed by atoms with van der Waals surface area (Å²) >= 11 is 0. The highest BCUT2D eigenvalue weighted by molar-refractivity contribution is 6.10. The highest BCUT2D eigenvalue weighted by Crippen LogP contribution is 2.42. The zero-order chi connectivity index (χ0) is 25.3. The molecule has 8 heteroatoms. The van der Waals surface area contributed by atoms with Gasteiger partial charge in [0.25, 0.3) is 0 Å². The number of hydrogen-bond donors (Lipinski definition) is 0. The minimum absolute atomic E-state index is 0.0721. The number of nitrogens with zero attached hydrogens (tertiary/aromatic N) is 2. The standard InChI is InChI=1S/C28H30N2O6/c1-2-22(31)20-7-6-12-29(17-20)25(32)14-28(21-8-4-3-5-9-21)15-26(33)30(27(28)34)16-19-10-11-23-24(13-19)36-18-35-23/h3-5,8-11,13,20H,2,6-7,12,14-18H2,1H3/t20-,28-/m1/s1. The fraction of sp³-hybridized carbons (Fsp3) is 0.429. The molecule has 2 aromatic rings. The molecular weight excluding hydrogens is 460 g/mol. The van der Waals surface area contributed by atoms with Crippen LogP contribution in [-0.2, 0) is 31.1 Å². The molecule has 2 aromatic carbocycles. The first-order chi connectivity index (χ1) is 17.4. The minimum Gasteiger partial charge on any atom is -0.454 e. The van der Waals surface area contributed by atoms with Gasteiger partial charge in [-0.3, -0.25) is 24.1 Å². The van der Waals surface area contributed by atoms with Gasteiger partial charge in [-0.15, -0.1) is 0 Å². The molecular formula is C28H30N2O6. The van der Waals surface area contributed by atoms with Crippen LogP contribution in [0.4, 0.5) is 0 Å². The summed E-state index contributed by atoms with van der Waals surface area (Å²) in [5, 5.41) is 0. The molecule has 3 aliphatic heterocycles. The van der Waals surface area contributed by atoms with Crippen LogP contribution in [0.5, 0.6) is 11.5 Å². The van der Waals surface area contributed by atoms with Crippen molar-refractivity contribution in [1.82, 2.24) is 9.80 Å². The molecule has 188 valence electrons. The van der Waals surface area contributed by atoms with Gasteiger partial charge in [-0.1, -0.05) is 43.3 Å². The molecule has 0 saturated carbocycles. The Bertz CT molecular complexity index is 1200. The Morgan fingerprint density at radius 1 is 1.06 bits per heavy atom. The summed E-state index contributed by atoms with van der Waals surface area (Å²) in [5.74, 6) is 0.324. The smallest absolute Gasteiger partial charge is 0.241 e. The number of fused-ring (bicyclic) bond motifs is 1. The quantitative estimate of drug-likeness (QED) is 0.554. The van der Waals surface area contributed by atoms with E-state index in [4.69, 9.17) is 9.47 Å². The third-order valence-corrected chi connectivity index (χ3v) is 7.54. The summed E-state index contributed by atoms with van der Waals surface area (Å²) in [6, 6.07) is 14.4. The molecule has 0 bridgehead atoms. The fourth-order valence-electron chi connectivity index (χ4n) is 5.53. The maximum atomic E-state index is 13.9. The van der Waals surface area contributed by atoms with Crippen molar-refractivity contribution >= 4 is 23.5 Å². The molecule has 2 atom stereocenters. The van der Waals surface area contributed by atoms with Gasteiger partial charge in [0, 0.05) is 38.3 Å². The van der Waals surface area contributed by atoms with Crippen LogP contribution in [0.2, 0.25) is 0 Å². The first kappa shape index (κ1) is 24.0. The molecule has 2 fully saturated rings. The van der Waals surface area contributed by atoms with Gasteiger partial charge in [0.2, 0.25) is 24.5 Å². The van der Waals surface area contributed by atoms with Crippen LogP contribution in [0.1, 0.15) is 50.2 Å². The maximum Gasteiger partial charge on any atom is 0.241 e. The Balaban J connectivity index is 1.40.